The molecule has 100 valence electrons. The Morgan fingerprint density at radius 1 is 1.16 bits per heavy atom. The molecule has 0 spiro atoms. The second-order valence-corrected chi connectivity index (χ2v) is 5.23. The van der Waals surface area contributed by atoms with Gasteiger partial charge in [-0.25, -0.2) is 4.39 Å². The Hall–Kier alpha value is -2.24. The first kappa shape index (κ1) is 13.2. The third-order valence-electron chi connectivity index (χ3n) is 2.51. The van der Waals surface area contributed by atoms with Crippen molar-refractivity contribution in [2.75, 3.05) is 5.32 Å². The van der Waals surface area contributed by atoms with Gasteiger partial charge in [-0.1, -0.05) is 20.8 Å². The summed E-state index contributed by atoms with van der Waals surface area (Å²) in [6, 6.07) is 5.73. The SMILES string of the molecule is CC(C)(C)c1nnc(Nc2ccc(F)cc2)[nH]c1=O. The van der Waals surface area contributed by atoms with E-state index in [-0.39, 0.29) is 22.7 Å². The zero-order valence-corrected chi connectivity index (χ0v) is 11.0. The van der Waals surface area contributed by atoms with Gasteiger partial charge < -0.3 is 5.32 Å². The predicted molar refractivity (Wildman–Crippen MR) is 71.0 cm³/mol. The molecule has 0 fully saturated rings. The van der Waals surface area contributed by atoms with Gasteiger partial charge in [0.25, 0.3) is 5.56 Å². The fourth-order valence-corrected chi connectivity index (χ4v) is 1.55. The first-order chi connectivity index (χ1) is 8.86. The topological polar surface area (TPSA) is 70.7 Å². The molecule has 1 aromatic heterocycles. The standard InChI is InChI=1S/C13H15FN4O/c1-13(2,3)10-11(19)16-12(18-17-10)15-9-6-4-8(14)5-7-9/h4-7H,1-3H3,(H2,15,16,18,19). The summed E-state index contributed by atoms with van der Waals surface area (Å²) in [5.74, 6) is -0.0992. The fraction of sp³-hybridized carbons (Fsp3) is 0.308. The molecule has 5 nitrogen and oxygen atoms in total. The molecule has 2 N–H and O–H groups in total. The summed E-state index contributed by atoms with van der Waals surface area (Å²) in [7, 11) is 0. The lowest BCUT2D eigenvalue weighted by Gasteiger charge is -2.15. The van der Waals surface area contributed by atoms with E-state index in [4.69, 9.17) is 0 Å². The van der Waals surface area contributed by atoms with Crippen molar-refractivity contribution in [1.29, 1.82) is 0 Å². The van der Waals surface area contributed by atoms with Gasteiger partial charge in [-0.3, -0.25) is 9.78 Å². The second kappa shape index (κ2) is 4.79. The van der Waals surface area contributed by atoms with Crippen LogP contribution < -0.4 is 10.9 Å². The Bertz CT molecular complexity index is 628. The van der Waals surface area contributed by atoms with Crippen molar-refractivity contribution < 1.29 is 4.39 Å². The van der Waals surface area contributed by atoms with Crippen molar-refractivity contribution in [3.63, 3.8) is 0 Å². The minimum atomic E-state index is -0.366. The van der Waals surface area contributed by atoms with E-state index in [0.717, 1.165) is 0 Å². The molecular formula is C13H15FN4O. The number of rotatable bonds is 2. The summed E-state index contributed by atoms with van der Waals surface area (Å²) >= 11 is 0. The molecule has 0 radical (unpaired) electrons. The molecule has 1 heterocycles. The van der Waals surface area contributed by atoms with E-state index < -0.39 is 0 Å². The molecule has 0 amide bonds. The van der Waals surface area contributed by atoms with Crippen molar-refractivity contribution in [1.82, 2.24) is 15.2 Å². The quantitative estimate of drug-likeness (QED) is 0.871. The Morgan fingerprint density at radius 3 is 2.32 bits per heavy atom. The van der Waals surface area contributed by atoms with Gasteiger partial charge in [0.05, 0.1) is 0 Å². The van der Waals surface area contributed by atoms with E-state index in [1.807, 2.05) is 20.8 Å². The molecule has 19 heavy (non-hydrogen) atoms. The molecular weight excluding hydrogens is 247 g/mol. The minimum absolute atomic E-state index is 0.226. The highest BCUT2D eigenvalue weighted by Crippen LogP contribution is 2.16. The summed E-state index contributed by atoms with van der Waals surface area (Å²) < 4.78 is 12.8. The number of anilines is 2. The summed E-state index contributed by atoms with van der Waals surface area (Å²) in [4.78, 5) is 14.5. The van der Waals surface area contributed by atoms with E-state index >= 15 is 0 Å². The van der Waals surface area contributed by atoms with Crippen LogP contribution in [0.3, 0.4) is 0 Å². The lowest BCUT2D eigenvalue weighted by Crippen LogP contribution is -2.28. The number of aromatic amines is 1. The second-order valence-electron chi connectivity index (χ2n) is 5.23. The van der Waals surface area contributed by atoms with Gasteiger partial charge in [0.2, 0.25) is 5.95 Å². The molecule has 0 aliphatic carbocycles. The minimum Gasteiger partial charge on any atom is -0.324 e. The van der Waals surface area contributed by atoms with E-state index in [1.165, 1.54) is 12.1 Å². The van der Waals surface area contributed by atoms with Crippen LogP contribution in [-0.2, 0) is 5.41 Å². The number of halogens is 1. The number of hydrogen-bond acceptors (Lipinski definition) is 4. The van der Waals surface area contributed by atoms with Crippen LogP contribution in [-0.4, -0.2) is 15.2 Å². The third kappa shape index (κ3) is 3.15. The number of aromatic nitrogens is 3. The van der Waals surface area contributed by atoms with E-state index in [1.54, 1.807) is 12.1 Å². The van der Waals surface area contributed by atoms with Gasteiger partial charge in [0.1, 0.15) is 11.5 Å². The fourth-order valence-electron chi connectivity index (χ4n) is 1.55. The largest absolute Gasteiger partial charge is 0.324 e. The average Bonchev–Trinajstić information content (AvgIpc) is 2.30. The predicted octanol–water partition coefficient (Wildman–Crippen LogP) is 2.35. The number of nitrogens with zero attached hydrogens (tertiary/aromatic N) is 2. The van der Waals surface area contributed by atoms with Crippen LogP contribution in [0.5, 0.6) is 0 Å². The molecule has 2 aromatic rings. The summed E-state index contributed by atoms with van der Waals surface area (Å²) in [5, 5.41) is 10.7. The Kier molecular flexibility index (Phi) is 3.33. The zero-order chi connectivity index (χ0) is 14.0. The molecule has 0 bridgehead atoms. The van der Waals surface area contributed by atoms with E-state index in [9.17, 15) is 9.18 Å². The van der Waals surface area contributed by atoms with Crippen molar-refractivity contribution in [3.8, 4) is 0 Å². The van der Waals surface area contributed by atoms with Gasteiger partial charge in [0, 0.05) is 11.1 Å². The van der Waals surface area contributed by atoms with Crippen molar-refractivity contribution >= 4 is 11.6 Å². The van der Waals surface area contributed by atoms with Gasteiger partial charge >= 0.3 is 0 Å². The highest BCUT2D eigenvalue weighted by atomic mass is 19.1. The first-order valence-corrected chi connectivity index (χ1v) is 5.86. The van der Waals surface area contributed by atoms with Crippen LogP contribution >= 0.6 is 0 Å². The molecule has 0 saturated heterocycles. The van der Waals surface area contributed by atoms with E-state index in [0.29, 0.717) is 11.4 Å². The van der Waals surface area contributed by atoms with Gasteiger partial charge in [-0.15, -0.1) is 10.2 Å². The van der Waals surface area contributed by atoms with Crippen molar-refractivity contribution in [2.24, 2.45) is 0 Å². The summed E-state index contributed by atoms with van der Waals surface area (Å²) in [6.07, 6.45) is 0. The average molecular weight is 262 g/mol. The molecule has 0 aliphatic rings. The maximum atomic E-state index is 12.8. The van der Waals surface area contributed by atoms with Crippen LogP contribution in [0.15, 0.2) is 29.1 Å². The zero-order valence-electron chi connectivity index (χ0n) is 11.0. The van der Waals surface area contributed by atoms with Gasteiger partial charge in [0.15, 0.2) is 0 Å². The smallest absolute Gasteiger partial charge is 0.274 e. The molecule has 0 atom stereocenters. The monoisotopic (exact) mass is 262 g/mol. The lowest BCUT2D eigenvalue weighted by atomic mass is 9.93. The van der Waals surface area contributed by atoms with Crippen molar-refractivity contribution in [3.05, 3.63) is 46.1 Å². The van der Waals surface area contributed by atoms with Crippen LogP contribution in [0.25, 0.3) is 0 Å². The van der Waals surface area contributed by atoms with E-state index in [2.05, 4.69) is 20.5 Å². The lowest BCUT2D eigenvalue weighted by molar-refractivity contribution is 0.547. The molecule has 1 aromatic carbocycles. The normalized spacial score (nSPS) is 11.4. The van der Waals surface area contributed by atoms with Crippen LogP contribution in [0.4, 0.5) is 16.0 Å². The number of H-pyrrole nitrogens is 1. The van der Waals surface area contributed by atoms with Gasteiger partial charge in [-0.2, -0.15) is 0 Å². The number of hydrogen-bond donors (Lipinski definition) is 2. The van der Waals surface area contributed by atoms with Gasteiger partial charge in [-0.05, 0) is 24.3 Å². The molecule has 0 saturated carbocycles. The molecule has 2 rings (SSSR count). The third-order valence-corrected chi connectivity index (χ3v) is 2.51. The summed E-state index contributed by atoms with van der Waals surface area (Å²) in [6.45, 7) is 5.66. The van der Waals surface area contributed by atoms with Crippen LogP contribution in [0, 0.1) is 5.82 Å². The highest BCUT2D eigenvalue weighted by Gasteiger charge is 2.20. The van der Waals surface area contributed by atoms with Crippen LogP contribution in [0.2, 0.25) is 0 Å². The Morgan fingerprint density at radius 2 is 1.79 bits per heavy atom. The number of benzene rings is 1. The summed E-state index contributed by atoms with van der Waals surface area (Å²) in [5.41, 5.74) is 0.341. The maximum absolute atomic E-state index is 12.8. The Labute approximate surface area is 109 Å². The maximum Gasteiger partial charge on any atom is 0.274 e. The first-order valence-electron chi connectivity index (χ1n) is 5.86. The Balaban J connectivity index is 2.26. The number of nitrogens with one attached hydrogen (secondary N) is 2. The molecule has 6 heteroatoms. The molecule has 0 aliphatic heterocycles. The molecule has 0 unspecified atom stereocenters. The van der Waals surface area contributed by atoms with Crippen LogP contribution in [0.1, 0.15) is 26.5 Å². The van der Waals surface area contributed by atoms with Crippen molar-refractivity contribution in [2.45, 2.75) is 26.2 Å². The highest BCUT2D eigenvalue weighted by molar-refractivity contribution is 5.52.